The fourth-order valence-corrected chi connectivity index (χ4v) is 2.98. The first-order valence-corrected chi connectivity index (χ1v) is 9.35. The number of nitrogens with one attached hydrogen (secondary N) is 3. The molecule has 1 aliphatic heterocycles. The predicted octanol–water partition coefficient (Wildman–Crippen LogP) is 2.19. The molecule has 0 spiro atoms. The van der Waals surface area contributed by atoms with Gasteiger partial charge in [-0.3, -0.25) is 19.9 Å². The third-order valence-electron chi connectivity index (χ3n) is 4.33. The number of likely N-dealkylation sites (tertiary alicyclic amines) is 1. The second-order valence-corrected chi connectivity index (χ2v) is 6.28. The van der Waals surface area contributed by atoms with Gasteiger partial charge in [0.05, 0.1) is 11.5 Å². The summed E-state index contributed by atoms with van der Waals surface area (Å²) in [5, 5.41) is 20.6. The second kappa shape index (κ2) is 12.4. The van der Waals surface area contributed by atoms with Crippen molar-refractivity contribution in [3.05, 3.63) is 34.4 Å². The molecule has 156 valence electrons. The smallest absolute Gasteiger partial charge is 0.292 e. The summed E-state index contributed by atoms with van der Waals surface area (Å²) in [6.07, 6.45) is 1.42. The van der Waals surface area contributed by atoms with Crippen LogP contribution in [0.25, 0.3) is 0 Å². The lowest BCUT2D eigenvalue weighted by atomic mass is 10.2. The van der Waals surface area contributed by atoms with Gasteiger partial charge in [0.15, 0.2) is 5.96 Å². The van der Waals surface area contributed by atoms with Crippen LogP contribution in [-0.4, -0.2) is 60.5 Å². The molecule has 0 aromatic heterocycles. The molecule has 28 heavy (non-hydrogen) atoms. The first-order chi connectivity index (χ1) is 13.0. The maximum atomic E-state index is 11.8. The summed E-state index contributed by atoms with van der Waals surface area (Å²) in [6, 6.07) is 6.74. The van der Waals surface area contributed by atoms with Crippen LogP contribution in [0.5, 0.6) is 0 Å². The molecule has 1 heterocycles. The number of anilines is 1. The summed E-state index contributed by atoms with van der Waals surface area (Å²) in [5.74, 6) is 0.868. The Kier molecular flexibility index (Phi) is 10.6. The Morgan fingerprint density at radius 2 is 2.11 bits per heavy atom. The van der Waals surface area contributed by atoms with Crippen molar-refractivity contribution in [3.8, 4) is 0 Å². The Balaban J connectivity index is 0.00000392. The molecular formula is C18H29IN6O3. The van der Waals surface area contributed by atoms with Gasteiger partial charge in [-0.05, 0) is 19.4 Å². The standard InChI is InChI=1S/C18H28N6O3.HI/c1-3-17(25)23-12-9-14(13-23)22-18(19-4-2)21-11-10-20-15-7-5-6-8-16(15)24(26)27;/h5-8,14,20H,3-4,9-13H2,1-2H3,(H2,19,21,22);1H. The van der Waals surface area contributed by atoms with Gasteiger partial charge in [-0.2, -0.15) is 0 Å². The van der Waals surface area contributed by atoms with Gasteiger partial charge >= 0.3 is 0 Å². The number of carbonyl (C=O) groups excluding carboxylic acids is 1. The lowest BCUT2D eigenvalue weighted by Gasteiger charge is -2.18. The van der Waals surface area contributed by atoms with Crippen LogP contribution in [0.2, 0.25) is 0 Å². The van der Waals surface area contributed by atoms with E-state index in [0.29, 0.717) is 37.7 Å². The number of nitrogens with zero attached hydrogens (tertiary/aromatic N) is 3. The van der Waals surface area contributed by atoms with E-state index < -0.39 is 4.92 Å². The number of halogens is 1. The summed E-state index contributed by atoms with van der Waals surface area (Å²) < 4.78 is 0. The van der Waals surface area contributed by atoms with Gasteiger partial charge in [-0.1, -0.05) is 19.1 Å². The van der Waals surface area contributed by atoms with Crippen LogP contribution in [-0.2, 0) is 4.79 Å². The molecule has 0 bridgehead atoms. The highest BCUT2D eigenvalue weighted by atomic mass is 127. The van der Waals surface area contributed by atoms with Crippen molar-refractivity contribution in [1.29, 1.82) is 0 Å². The molecule has 0 aliphatic carbocycles. The fraction of sp³-hybridized carbons (Fsp3) is 0.556. The molecule has 1 unspecified atom stereocenters. The number of hydrogen-bond donors (Lipinski definition) is 3. The van der Waals surface area contributed by atoms with Gasteiger partial charge < -0.3 is 20.9 Å². The fourth-order valence-electron chi connectivity index (χ4n) is 2.98. The molecule has 9 nitrogen and oxygen atoms in total. The quantitative estimate of drug-likeness (QED) is 0.125. The first-order valence-electron chi connectivity index (χ1n) is 9.35. The van der Waals surface area contributed by atoms with Gasteiger partial charge in [0.2, 0.25) is 5.91 Å². The van der Waals surface area contributed by atoms with Crippen molar-refractivity contribution in [2.75, 3.05) is 38.0 Å². The van der Waals surface area contributed by atoms with Crippen molar-refractivity contribution in [2.24, 2.45) is 4.99 Å². The molecule has 1 amide bonds. The number of guanidine groups is 1. The number of aliphatic imine (C=N–C) groups is 1. The molecule has 10 heteroatoms. The molecule has 1 aromatic carbocycles. The Hall–Kier alpha value is -2.11. The zero-order chi connectivity index (χ0) is 19.6. The summed E-state index contributed by atoms with van der Waals surface area (Å²) in [7, 11) is 0. The van der Waals surface area contributed by atoms with Crippen molar-refractivity contribution >= 4 is 47.2 Å². The Morgan fingerprint density at radius 1 is 1.36 bits per heavy atom. The second-order valence-electron chi connectivity index (χ2n) is 6.28. The minimum absolute atomic E-state index is 0. The van der Waals surface area contributed by atoms with Crippen LogP contribution < -0.4 is 16.0 Å². The zero-order valence-corrected chi connectivity index (χ0v) is 18.6. The lowest BCUT2D eigenvalue weighted by Crippen LogP contribution is -2.45. The van der Waals surface area contributed by atoms with E-state index in [0.717, 1.165) is 19.5 Å². The van der Waals surface area contributed by atoms with Crippen LogP contribution in [0.3, 0.4) is 0 Å². The number of para-hydroxylation sites is 2. The molecule has 1 fully saturated rings. The highest BCUT2D eigenvalue weighted by molar-refractivity contribution is 14.0. The van der Waals surface area contributed by atoms with E-state index >= 15 is 0 Å². The van der Waals surface area contributed by atoms with Crippen LogP contribution in [0.1, 0.15) is 26.7 Å². The highest BCUT2D eigenvalue weighted by Gasteiger charge is 2.25. The van der Waals surface area contributed by atoms with Crippen LogP contribution in [0.15, 0.2) is 29.3 Å². The summed E-state index contributed by atoms with van der Waals surface area (Å²) in [5.41, 5.74) is 0.540. The minimum Gasteiger partial charge on any atom is -0.378 e. The number of benzene rings is 1. The Labute approximate surface area is 182 Å². The maximum absolute atomic E-state index is 11.8. The number of nitro benzene ring substituents is 1. The van der Waals surface area contributed by atoms with Gasteiger partial charge in [0, 0.05) is 44.7 Å². The van der Waals surface area contributed by atoms with E-state index in [4.69, 9.17) is 0 Å². The van der Waals surface area contributed by atoms with E-state index in [1.165, 1.54) is 6.07 Å². The number of amides is 1. The number of carbonyl (C=O) groups is 1. The Bertz CT molecular complexity index is 685. The van der Waals surface area contributed by atoms with Crippen LogP contribution >= 0.6 is 24.0 Å². The summed E-state index contributed by atoms with van der Waals surface area (Å²) in [4.78, 5) is 28.8. The average molecular weight is 504 g/mol. The SMILES string of the molecule is CCNC(=NCCNc1ccccc1[N+](=O)[O-])NC1CCN(C(=O)CC)C1.I. The van der Waals surface area contributed by atoms with Crippen molar-refractivity contribution in [2.45, 2.75) is 32.7 Å². The summed E-state index contributed by atoms with van der Waals surface area (Å²) in [6.45, 7) is 6.99. The summed E-state index contributed by atoms with van der Waals surface area (Å²) >= 11 is 0. The molecular weight excluding hydrogens is 475 g/mol. The molecule has 1 atom stereocenters. The normalized spacial score (nSPS) is 16.3. The zero-order valence-electron chi connectivity index (χ0n) is 16.3. The third kappa shape index (κ3) is 7.13. The number of hydrogen-bond acceptors (Lipinski definition) is 5. The third-order valence-corrected chi connectivity index (χ3v) is 4.33. The topological polar surface area (TPSA) is 112 Å². The van der Waals surface area contributed by atoms with Gasteiger partial charge in [-0.15, -0.1) is 24.0 Å². The largest absolute Gasteiger partial charge is 0.378 e. The lowest BCUT2D eigenvalue weighted by molar-refractivity contribution is -0.384. The van der Waals surface area contributed by atoms with E-state index in [2.05, 4.69) is 20.9 Å². The van der Waals surface area contributed by atoms with Gasteiger partial charge in [0.1, 0.15) is 5.69 Å². The highest BCUT2D eigenvalue weighted by Crippen LogP contribution is 2.22. The molecule has 1 saturated heterocycles. The van der Waals surface area contributed by atoms with Crippen molar-refractivity contribution < 1.29 is 9.72 Å². The average Bonchev–Trinajstić information content (AvgIpc) is 3.13. The van der Waals surface area contributed by atoms with Gasteiger partial charge in [0.25, 0.3) is 5.69 Å². The van der Waals surface area contributed by atoms with Crippen molar-refractivity contribution in [3.63, 3.8) is 0 Å². The molecule has 1 aromatic rings. The number of rotatable bonds is 8. The van der Waals surface area contributed by atoms with E-state index in [1.54, 1.807) is 18.2 Å². The molecule has 0 saturated carbocycles. The first kappa shape index (κ1) is 23.9. The molecule has 3 N–H and O–H groups in total. The van der Waals surface area contributed by atoms with E-state index in [9.17, 15) is 14.9 Å². The van der Waals surface area contributed by atoms with Gasteiger partial charge in [-0.25, -0.2) is 0 Å². The van der Waals surface area contributed by atoms with E-state index in [1.807, 2.05) is 18.7 Å². The molecule has 1 aliphatic rings. The monoisotopic (exact) mass is 504 g/mol. The molecule has 0 radical (unpaired) electrons. The van der Waals surface area contributed by atoms with E-state index in [-0.39, 0.29) is 41.6 Å². The van der Waals surface area contributed by atoms with Crippen LogP contribution in [0, 0.1) is 10.1 Å². The number of nitro groups is 1. The van der Waals surface area contributed by atoms with Crippen LogP contribution in [0.4, 0.5) is 11.4 Å². The predicted molar refractivity (Wildman–Crippen MR) is 121 cm³/mol. The Morgan fingerprint density at radius 3 is 2.79 bits per heavy atom. The van der Waals surface area contributed by atoms with Crippen molar-refractivity contribution in [1.82, 2.24) is 15.5 Å². The maximum Gasteiger partial charge on any atom is 0.292 e. The molecule has 2 rings (SSSR count). The minimum atomic E-state index is -0.402.